The molecule has 0 N–H and O–H groups in total. The smallest absolute Gasteiger partial charge is 0.293 e. The Morgan fingerprint density at radius 1 is 1.00 bits per heavy atom. The molecule has 186 valence electrons. The van der Waals surface area contributed by atoms with Crippen LogP contribution in [0.25, 0.3) is 17.0 Å². The Morgan fingerprint density at radius 3 is 2.43 bits per heavy atom. The van der Waals surface area contributed by atoms with Gasteiger partial charge in [-0.25, -0.2) is 0 Å². The minimum atomic E-state index is -0.434. The van der Waals surface area contributed by atoms with E-state index in [1.54, 1.807) is 18.2 Å². The molecule has 0 spiro atoms. The summed E-state index contributed by atoms with van der Waals surface area (Å²) in [5.74, 6) is -0.696. The molecule has 3 aromatic carbocycles. The topological polar surface area (TPSA) is 59.4 Å². The van der Waals surface area contributed by atoms with Crippen LogP contribution in [0, 0.1) is 6.92 Å². The number of rotatable bonds is 7. The van der Waals surface area contributed by atoms with Gasteiger partial charge < -0.3 is 4.57 Å². The van der Waals surface area contributed by atoms with E-state index in [2.05, 4.69) is 45.6 Å². The SMILES string of the molecule is CCc1cccc2c(/C=C3\SC(=O)N(CC(=O)c4ccc(C)cc4)C3=O)cn(Cc3ccc(Br)cc3)c12. The van der Waals surface area contributed by atoms with Gasteiger partial charge in [-0.2, -0.15) is 0 Å². The first-order valence-corrected chi connectivity index (χ1v) is 13.7. The van der Waals surface area contributed by atoms with Crippen LogP contribution in [-0.2, 0) is 17.8 Å². The Bertz CT molecular complexity index is 1550. The van der Waals surface area contributed by atoms with Gasteiger partial charge in [-0.1, -0.05) is 83.0 Å². The maximum atomic E-state index is 13.2. The maximum absolute atomic E-state index is 13.2. The summed E-state index contributed by atoms with van der Waals surface area (Å²) in [7, 11) is 0. The molecule has 37 heavy (non-hydrogen) atoms. The largest absolute Gasteiger partial charge is 0.342 e. The number of imide groups is 1. The lowest BCUT2D eigenvalue weighted by molar-refractivity contribution is -0.122. The number of benzene rings is 3. The van der Waals surface area contributed by atoms with Crippen LogP contribution in [-0.4, -0.2) is 32.9 Å². The maximum Gasteiger partial charge on any atom is 0.293 e. The van der Waals surface area contributed by atoms with Gasteiger partial charge in [0.1, 0.15) is 0 Å². The number of carbonyl (C=O) groups is 3. The number of fused-ring (bicyclic) bond motifs is 1. The summed E-state index contributed by atoms with van der Waals surface area (Å²) in [5, 5.41) is 0.601. The van der Waals surface area contributed by atoms with Gasteiger partial charge >= 0.3 is 0 Å². The van der Waals surface area contributed by atoms with Gasteiger partial charge in [0, 0.05) is 33.7 Å². The predicted octanol–water partition coefficient (Wildman–Crippen LogP) is 7.24. The fourth-order valence-electron chi connectivity index (χ4n) is 4.53. The summed E-state index contributed by atoms with van der Waals surface area (Å²) in [6.07, 6.45) is 4.69. The van der Waals surface area contributed by atoms with Crippen LogP contribution in [0.4, 0.5) is 4.79 Å². The van der Waals surface area contributed by atoms with Crippen molar-refractivity contribution in [1.29, 1.82) is 0 Å². The number of ketones is 1. The highest BCUT2D eigenvalue weighted by Crippen LogP contribution is 2.35. The Morgan fingerprint density at radius 2 is 1.73 bits per heavy atom. The van der Waals surface area contributed by atoms with Crippen LogP contribution in [0.3, 0.4) is 0 Å². The summed E-state index contributed by atoms with van der Waals surface area (Å²) in [5.41, 5.74) is 5.89. The predicted molar refractivity (Wildman–Crippen MR) is 153 cm³/mol. The van der Waals surface area contributed by atoms with Gasteiger partial charge in [-0.15, -0.1) is 0 Å². The van der Waals surface area contributed by atoms with Crippen molar-refractivity contribution in [1.82, 2.24) is 9.47 Å². The number of aryl methyl sites for hydroxylation is 2. The number of para-hydroxylation sites is 1. The molecule has 1 aliphatic rings. The fourth-order valence-corrected chi connectivity index (χ4v) is 5.62. The molecule has 5 nitrogen and oxygen atoms in total. The quantitative estimate of drug-likeness (QED) is 0.173. The minimum Gasteiger partial charge on any atom is -0.342 e. The number of carbonyl (C=O) groups excluding carboxylic acids is 3. The van der Waals surface area contributed by atoms with Crippen molar-refractivity contribution in [2.24, 2.45) is 0 Å². The number of hydrogen-bond donors (Lipinski definition) is 0. The van der Waals surface area contributed by atoms with Crippen molar-refractivity contribution in [2.45, 2.75) is 26.8 Å². The molecule has 7 heteroatoms. The fraction of sp³-hybridized carbons (Fsp3) is 0.167. The van der Waals surface area contributed by atoms with E-state index >= 15 is 0 Å². The lowest BCUT2D eigenvalue weighted by Crippen LogP contribution is -2.33. The van der Waals surface area contributed by atoms with Gasteiger partial charge in [0.05, 0.1) is 17.0 Å². The van der Waals surface area contributed by atoms with Crippen molar-refractivity contribution in [3.8, 4) is 0 Å². The number of nitrogens with zero attached hydrogens (tertiary/aromatic N) is 2. The summed E-state index contributed by atoms with van der Waals surface area (Å²) >= 11 is 4.37. The van der Waals surface area contributed by atoms with Gasteiger partial charge in [0.25, 0.3) is 11.1 Å². The molecule has 4 aromatic rings. The van der Waals surface area contributed by atoms with Gasteiger partial charge in [-0.3, -0.25) is 19.3 Å². The van der Waals surface area contributed by atoms with Crippen LogP contribution < -0.4 is 0 Å². The Labute approximate surface area is 228 Å². The van der Waals surface area contributed by atoms with E-state index in [0.29, 0.717) is 17.0 Å². The number of hydrogen-bond acceptors (Lipinski definition) is 4. The van der Waals surface area contributed by atoms with E-state index in [-0.39, 0.29) is 12.3 Å². The first-order valence-electron chi connectivity index (χ1n) is 12.0. The van der Waals surface area contributed by atoms with E-state index in [0.717, 1.165) is 55.1 Å². The van der Waals surface area contributed by atoms with Crippen molar-refractivity contribution in [3.05, 3.63) is 110 Å². The molecular weight excluding hydrogens is 548 g/mol. The molecule has 0 saturated carbocycles. The molecule has 0 unspecified atom stereocenters. The standard InChI is InChI=1S/C30H25BrN2O3S/c1-3-21-5-4-6-25-23(17-32(28(21)25)16-20-9-13-24(31)14-10-20)15-27-29(35)33(30(36)37-27)18-26(34)22-11-7-19(2)8-12-22/h4-15,17H,3,16,18H2,1-2H3/b27-15-. The Balaban J connectivity index is 1.46. The number of thioether (sulfide) groups is 1. The van der Waals surface area contributed by atoms with E-state index < -0.39 is 11.1 Å². The van der Waals surface area contributed by atoms with Crippen molar-refractivity contribution in [2.75, 3.05) is 6.54 Å². The summed E-state index contributed by atoms with van der Waals surface area (Å²) in [6, 6.07) is 21.5. The average molecular weight is 574 g/mol. The highest BCUT2D eigenvalue weighted by Gasteiger charge is 2.36. The zero-order valence-corrected chi connectivity index (χ0v) is 22.9. The third kappa shape index (κ3) is 5.20. The van der Waals surface area contributed by atoms with Gasteiger partial charge in [0.2, 0.25) is 0 Å². The highest BCUT2D eigenvalue weighted by atomic mass is 79.9. The normalized spacial score (nSPS) is 14.8. The Hall–Kier alpha value is -3.42. The minimum absolute atomic E-state index is 0.262. The number of aromatic nitrogens is 1. The monoisotopic (exact) mass is 572 g/mol. The first-order chi connectivity index (χ1) is 17.8. The summed E-state index contributed by atoms with van der Waals surface area (Å²) < 4.78 is 3.23. The van der Waals surface area contributed by atoms with Crippen LogP contribution in [0.15, 0.2) is 82.3 Å². The third-order valence-electron chi connectivity index (χ3n) is 6.50. The lowest BCUT2D eigenvalue weighted by Gasteiger charge is -2.11. The van der Waals surface area contributed by atoms with Gasteiger partial charge in [0.15, 0.2) is 5.78 Å². The molecule has 2 amide bonds. The molecule has 1 aliphatic heterocycles. The van der Waals surface area contributed by atoms with E-state index in [4.69, 9.17) is 0 Å². The number of amides is 2. The third-order valence-corrected chi connectivity index (χ3v) is 7.93. The highest BCUT2D eigenvalue weighted by molar-refractivity contribution is 9.10. The van der Waals surface area contributed by atoms with Crippen LogP contribution in [0.2, 0.25) is 0 Å². The number of halogens is 1. The summed E-state index contributed by atoms with van der Waals surface area (Å²) in [6.45, 7) is 4.48. The van der Waals surface area contributed by atoms with E-state index in [1.807, 2.05) is 49.5 Å². The number of Topliss-reactive ketones (excluding diaryl/α,β-unsaturated/α-hetero) is 1. The molecule has 2 heterocycles. The van der Waals surface area contributed by atoms with E-state index in [1.165, 1.54) is 5.56 Å². The van der Waals surface area contributed by atoms with E-state index in [9.17, 15) is 14.4 Å². The molecule has 1 aromatic heterocycles. The molecule has 1 saturated heterocycles. The second-order valence-corrected chi connectivity index (χ2v) is 11.0. The zero-order valence-electron chi connectivity index (χ0n) is 20.5. The molecule has 1 fully saturated rings. The average Bonchev–Trinajstić information content (AvgIpc) is 3.37. The second kappa shape index (κ2) is 10.5. The zero-order chi connectivity index (χ0) is 26.1. The van der Waals surface area contributed by atoms with Crippen molar-refractivity contribution < 1.29 is 14.4 Å². The Kier molecular flexibility index (Phi) is 7.17. The van der Waals surface area contributed by atoms with Crippen molar-refractivity contribution >= 4 is 61.6 Å². The second-order valence-electron chi connectivity index (χ2n) is 9.06. The molecule has 5 rings (SSSR count). The molecule has 0 aliphatic carbocycles. The van der Waals surface area contributed by atoms with Crippen LogP contribution >= 0.6 is 27.7 Å². The van der Waals surface area contributed by atoms with Crippen LogP contribution in [0.5, 0.6) is 0 Å². The molecule has 0 atom stereocenters. The van der Waals surface area contributed by atoms with Gasteiger partial charge in [-0.05, 0) is 54.4 Å². The molecular formula is C30H25BrN2O3S. The molecule has 0 radical (unpaired) electrons. The lowest BCUT2D eigenvalue weighted by atomic mass is 10.1. The molecule has 0 bridgehead atoms. The van der Waals surface area contributed by atoms with Crippen LogP contribution in [0.1, 0.15) is 39.5 Å². The summed E-state index contributed by atoms with van der Waals surface area (Å²) in [4.78, 5) is 40.0. The first kappa shape index (κ1) is 25.2. The van der Waals surface area contributed by atoms with Crippen molar-refractivity contribution in [3.63, 3.8) is 0 Å².